The van der Waals surface area contributed by atoms with Gasteiger partial charge >= 0.3 is 0 Å². The van der Waals surface area contributed by atoms with Crippen molar-refractivity contribution in [2.75, 3.05) is 41.4 Å². The van der Waals surface area contributed by atoms with Crippen molar-refractivity contribution >= 4 is 23.1 Å². The molecule has 4 rings (SSSR count). The molecule has 0 spiro atoms. The van der Waals surface area contributed by atoms with E-state index < -0.39 is 17.7 Å². The summed E-state index contributed by atoms with van der Waals surface area (Å²) in [7, 11) is 6.85. The Morgan fingerprint density at radius 2 is 1.83 bits per heavy atom. The number of amides is 1. The number of hydrogen-bond acceptors (Lipinski definition) is 7. The number of nitrogens with zero attached hydrogens (tertiary/aromatic N) is 4. The van der Waals surface area contributed by atoms with Crippen molar-refractivity contribution in [3.8, 4) is 11.5 Å². The Morgan fingerprint density at radius 1 is 1.11 bits per heavy atom. The highest BCUT2D eigenvalue weighted by Crippen LogP contribution is 2.42. The molecule has 184 valence electrons. The lowest BCUT2D eigenvalue weighted by atomic mass is 9.96. The van der Waals surface area contributed by atoms with Gasteiger partial charge in [0, 0.05) is 19.3 Å². The largest absolute Gasteiger partial charge is 0.505 e. The molecule has 1 N–H and O–H groups in total. The fourth-order valence-electron chi connectivity index (χ4n) is 4.52. The van der Waals surface area contributed by atoms with Gasteiger partial charge in [-0.3, -0.25) is 14.0 Å². The molecule has 0 unspecified atom stereocenters. The molecule has 3 aromatic rings. The van der Waals surface area contributed by atoms with Gasteiger partial charge in [-0.25, -0.2) is 4.98 Å². The molecule has 1 aromatic carbocycles. The van der Waals surface area contributed by atoms with E-state index in [-0.39, 0.29) is 11.3 Å². The summed E-state index contributed by atoms with van der Waals surface area (Å²) < 4.78 is 12.6. The van der Waals surface area contributed by atoms with Crippen LogP contribution in [0.1, 0.15) is 28.6 Å². The van der Waals surface area contributed by atoms with Gasteiger partial charge in [0.25, 0.3) is 11.7 Å². The second kappa shape index (κ2) is 9.42. The van der Waals surface area contributed by atoms with Gasteiger partial charge in [0.15, 0.2) is 17.3 Å². The number of likely N-dealkylation sites (N-methyl/N-ethyl adjacent to an activating group) is 1. The predicted octanol–water partition coefficient (Wildman–Crippen LogP) is 2.95. The second-order valence-electron chi connectivity index (χ2n) is 8.84. The van der Waals surface area contributed by atoms with Gasteiger partial charge < -0.3 is 24.4 Å². The number of methoxy groups -OCH3 is 2. The minimum Gasteiger partial charge on any atom is -0.505 e. The Hall–Kier alpha value is -3.85. The summed E-state index contributed by atoms with van der Waals surface area (Å²) in [5, 5.41) is 11.6. The number of ketones is 1. The minimum atomic E-state index is -0.801. The average molecular weight is 479 g/mol. The van der Waals surface area contributed by atoms with E-state index in [1.165, 1.54) is 19.1 Å². The lowest BCUT2D eigenvalue weighted by Gasteiger charge is -2.27. The Kier molecular flexibility index (Phi) is 6.53. The molecule has 2 aromatic heterocycles. The third-order valence-corrected chi connectivity index (χ3v) is 6.30. The number of benzene rings is 1. The van der Waals surface area contributed by atoms with Gasteiger partial charge in [-0.1, -0.05) is 12.1 Å². The Bertz CT molecular complexity index is 1340. The SMILES string of the molecule is COc1ccc([C@@H]2C(=C(O)c3c(C)nc4c(C)cccn34)C(=O)C(=O)N2CCN(C)C)cc1OC. The molecule has 1 amide bonds. The summed E-state index contributed by atoms with van der Waals surface area (Å²) in [6.45, 7) is 4.55. The van der Waals surface area contributed by atoms with E-state index in [0.717, 1.165) is 5.56 Å². The zero-order chi connectivity index (χ0) is 25.4. The zero-order valence-electron chi connectivity index (χ0n) is 20.8. The summed E-state index contributed by atoms with van der Waals surface area (Å²) in [5.41, 5.74) is 3.20. The van der Waals surface area contributed by atoms with Crippen molar-refractivity contribution in [3.63, 3.8) is 0 Å². The van der Waals surface area contributed by atoms with Gasteiger partial charge in [-0.2, -0.15) is 0 Å². The Balaban J connectivity index is 1.96. The van der Waals surface area contributed by atoms with E-state index in [1.807, 2.05) is 38.1 Å². The highest BCUT2D eigenvalue weighted by molar-refractivity contribution is 6.46. The topological polar surface area (TPSA) is 96.6 Å². The lowest BCUT2D eigenvalue weighted by Crippen LogP contribution is -2.35. The summed E-state index contributed by atoms with van der Waals surface area (Å²) in [6, 6.07) is 8.21. The quantitative estimate of drug-likeness (QED) is 0.317. The molecule has 0 radical (unpaired) electrons. The van der Waals surface area contributed by atoms with Gasteiger partial charge in [-0.05, 0) is 57.3 Å². The van der Waals surface area contributed by atoms with Crippen LogP contribution < -0.4 is 9.47 Å². The van der Waals surface area contributed by atoms with Gasteiger partial charge in [0.2, 0.25) is 0 Å². The smallest absolute Gasteiger partial charge is 0.295 e. The van der Waals surface area contributed by atoms with Crippen LogP contribution in [0.25, 0.3) is 11.4 Å². The van der Waals surface area contributed by atoms with Crippen LogP contribution in [0.4, 0.5) is 0 Å². The molecular weight excluding hydrogens is 448 g/mol. The number of aromatic nitrogens is 2. The zero-order valence-corrected chi connectivity index (χ0v) is 20.8. The molecular formula is C26H30N4O5. The van der Waals surface area contributed by atoms with Crippen molar-refractivity contribution in [1.29, 1.82) is 0 Å². The number of aliphatic hydroxyl groups excluding tert-OH is 1. The van der Waals surface area contributed by atoms with Crippen LogP contribution in [0.3, 0.4) is 0 Å². The van der Waals surface area contributed by atoms with E-state index in [2.05, 4.69) is 4.98 Å². The molecule has 9 heteroatoms. The number of aryl methyl sites for hydroxylation is 2. The normalized spacial score (nSPS) is 17.6. The number of fused-ring (bicyclic) bond motifs is 1. The maximum Gasteiger partial charge on any atom is 0.295 e. The summed E-state index contributed by atoms with van der Waals surface area (Å²) in [5.74, 6) is -0.663. The maximum absolute atomic E-state index is 13.4. The van der Waals surface area contributed by atoms with Gasteiger partial charge in [0.1, 0.15) is 11.3 Å². The molecule has 1 fully saturated rings. The Labute approximate surface area is 204 Å². The minimum absolute atomic E-state index is 0.0207. The number of pyridine rings is 1. The van der Waals surface area contributed by atoms with Gasteiger partial charge in [0.05, 0.1) is 31.5 Å². The molecule has 1 atom stereocenters. The molecule has 1 aliphatic heterocycles. The molecule has 0 saturated carbocycles. The van der Waals surface area contributed by atoms with Crippen LogP contribution in [-0.4, -0.2) is 77.4 Å². The van der Waals surface area contributed by atoms with Crippen LogP contribution >= 0.6 is 0 Å². The first-order chi connectivity index (χ1) is 16.7. The predicted molar refractivity (Wildman–Crippen MR) is 132 cm³/mol. The third-order valence-electron chi connectivity index (χ3n) is 6.30. The van der Waals surface area contributed by atoms with E-state index in [9.17, 15) is 14.7 Å². The van der Waals surface area contributed by atoms with Crippen molar-refractivity contribution in [3.05, 3.63) is 64.6 Å². The molecule has 0 bridgehead atoms. The number of carbonyl (C=O) groups is 2. The van der Waals surface area contributed by atoms with Gasteiger partial charge in [-0.15, -0.1) is 0 Å². The molecule has 9 nitrogen and oxygen atoms in total. The van der Waals surface area contributed by atoms with Crippen molar-refractivity contribution < 1.29 is 24.2 Å². The molecule has 1 aliphatic rings. The number of carbonyl (C=O) groups excluding carboxylic acids is 2. The van der Waals surface area contributed by atoms with Crippen molar-refractivity contribution in [2.24, 2.45) is 0 Å². The number of Topliss-reactive ketones (excluding diaryl/α,β-unsaturated/α-hetero) is 1. The highest BCUT2D eigenvalue weighted by atomic mass is 16.5. The second-order valence-corrected chi connectivity index (χ2v) is 8.84. The third kappa shape index (κ3) is 4.12. The number of rotatable bonds is 7. The van der Waals surface area contributed by atoms with E-state index in [1.54, 1.807) is 35.7 Å². The van der Waals surface area contributed by atoms with Crippen LogP contribution in [0.2, 0.25) is 0 Å². The molecule has 3 heterocycles. The van der Waals surface area contributed by atoms with Crippen molar-refractivity contribution in [2.45, 2.75) is 19.9 Å². The van der Waals surface area contributed by atoms with Crippen LogP contribution in [0.5, 0.6) is 11.5 Å². The average Bonchev–Trinajstić information content (AvgIpc) is 3.31. The fraction of sp³-hybridized carbons (Fsp3) is 0.346. The highest BCUT2D eigenvalue weighted by Gasteiger charge is 2.46. The number of hydrogen-bond donors (Lipinski definition) is 1. The Morgan fingerprint density at radius 3 is 2.49 bits per heavy atom. The fourth-order valence-corrected chi connectivity index (χ4v) is 4.52. The van der Waals surface area contributed by atoms with Crippen LogP contribution in [0.15, 0.2) is 42.1 Å². The first kappa shape index (κ1) is 24.3. The van der Waals surface area contributed by atoms with Crippen molar-refractivity contribution in [1.82, 2.24) is 19.2 Å². The standard InChI is InChI=1S/C26H30N4O5/c1-15-8-7-11-29-21(16(2)27-25(15)29)23(31)20-22(17-9-10-18(34-5)19(14-17)35-6)30(13-12-28(3)4)26(33)24(20)32/h7-11,14,22,31H,12-13H2,1-6H3/t22-/m1/s1. The number of imidazole rings is 1. The number of likely N-dealkylation sites (tertiary alicyclic amines) is 1. The van der Waals surface area contributed by atoms with E-state index in [0.29, 0.717) is 47.2 Å². The van der Waals surface area contributed by atoms with Crippen LogP contribution in [0, 0.1) is 13.8 Å². The molecule has 1 saturated heterocycles. The maximum atomic E-state index is 13.4. The first-order valence-corrected chi connectivity index (χ1v) is 11.3. The first-order valence-electron chi connectivity index (χ1n) is 11.3. The molecule has 35 heavy (non-hydrogen) atoms. The summed E-state index contributed by atoms with van der Waals surface area (Å²) >= 11 is 0. The van der Waals surface area contributed by atoms with E-state index >= 15 is 0 Å². The van der Waals surface area contributed by atoms with E-state index in [4.69, 9.17) is 9.47 Å². The molecule has 0 aliphatic carbocycles. The number of ether oxygens (including phenoxy) is 2. The van der Waals surface area contributed by atoms with Crippen LogP contribution in [-0.2, 0) is 9.59 Å². The number of aliphatic hydroxyl groups is 1. The summed E-state index contributed by atoms with van der Waals surface area (Å²) in [6.07, 6.45) is 1.78. The summed E-state index contributed by atoms with van der Waals surface area (Å²) in [4.78, 5) is 34.6. The monoisotopic (exact) mass is 478 g/mol. The lowest BCUT2D eigenvalue weighted by molar-refractivity contribution is -0.140.